The Bertz CT molecular complexity index is 996. The minimum absolute atomic E-state index is 0.224. The molecular formula is C24H26N2O4. The van der Waals surface area contributed by atoms with Crippen molar-refractivity contribution in [3.63, 3.8) is 0 Å². The van der Waals surface area contributed by atoms with Crippen molar-refractivity contribution in [2.24, 2.45) is 11.1 Å². The van der Waals surface area contributed by atoms with E-state index in [-0.39, 0.29) is 12.3 Å². The van der Waals surface area contributed by atoms with E-state index in [2.05, 4.69) is 5.32 Å². The molecule has 1 aliphatic carbocycles. The molecule has 156 valence electrons. The molecule has 2 aromatic rings. The number of nitrogens with one attached hydrogen (secondary N) is 1. The SMILES string of the molecule is COc1cccc(CNC(=O)C2=CC=CC(Cc3cccc(OC)c3)(C(N)=O)C2)c1. The van der Waals surface area contributed by atoms with Crippen molar-refractivity contribution < 1.29 is 19.1 Å². The zero-order valence-corrected chi connectivity index (χ0v) is 17.2. The number of carbonyl (C=O) groups is 2. The second-order valence-corrected chi connectivity index (χ2v) is 7.31. The zero-order chi connectivity index (χ0) is 21.6. The third-order valence-electron chi connectivity index (χ3n) is 5.24. The lowest BCUT2D eigenvalue weighted by molar-refractivity contribution is -0.125. The van der Waals surface area contributed by atoms with E-state index in [1.54, 1.807) is 32.4 Å². The molecule has 0 heterocycles. The molecule has 1 unspecified atom stereocenters. The van der Waals surface area contributed by atoms with E-state index < -0.39 is 11.3 Å². The minimum Gasteiger partial charge on any atom is -0.497 e. The Morgan fingerprint density at radius 3 is 2.30 bits per heavy atom. The monoisotopic (exact) mass is 406 g/mol. The van der Waals surface area contributed by atoms with Gasteiger partial charge in [0.15, 0.2) is 0 Å². The number of nitrogens with two attached hydrogens (primary N) is 1. The number of hydrogen-bond acceptors (Lipinski definition) is 4. The molecule has 0 bridgehead atoms. The van der Waals surface area contributed by atoms with Gasteiger partial charge in [-0.2, -0.15) is 0 Å². The maximum Gasteiger partial charge on any atom is 0.247 e. The van der Waals surface area contributed by atoms with Crippen LogP contribution in [0.15, 0.2) is 72.3 Å². The van der Waals surface area contributed by atoms with Crippen LogP contribution in [0.1, 0.15) is 17.5 Å². The fourth-order valence-corrected chi connectivity index (χ4v) is 3.56. The number of methoxy groups -OCH3 is 2. The predicted octanol–water partition coefficient (Wildman–Crippen LogP) is 2.92. The lowest BCUT2D eigenvalue weighted by atomic mass is 9.73. The first-order valence-electron chi connectivity index (χ1n) is 9.68. The van der Waals surface area contributed by atoms with Gasteiger partial charge in [-0.15, -0.1) is 0 Å². The number of amides is 2. The van der Waals surface area contributed by atoms with Gasteiger partial charge in [-0.25, -0.2) is 0 Å². The molecule has 30 heavy (non-hydrogen) atoms. The summed E-state index contributed by atoms with van der Waals surface area (Å²) in [6.07, 6.45) is 5.87. The summed E-state index contributed by atoms with van der Waals surface area (Å²) in [5.74, 6) is 0.748. The molecule has 0 aliphatic heterocycles. The van der Waals surface area contributed by atoms with Crippen LogP contribution in [0.3, 0.4) is 0 Å². The molecule has 0 spiro atoms. The third kappa shape index (κ3) is 4.89. The van der Waals surface area contributed by atoms with Crippen molar-refractivity contribution in [2.75, 3.05) is 14.2 Å². The Labute approximate surface area is 176 Å². The van der Waals surface area contributed by atoms with Crippen molar-refractivity contribution in [1.82, 2.24) is 5.32 Å². The summed E-state index contributed by atoms with van der Waals surface area (Å²) in [4.78, 5) is 25.2. The van der Waals surface area contributed by atoms with Crippen LogP contribution >= 0.6 is 0 Å². The maximum atomic E-state index is 12.8. The van der Waals surface area contributed by atoms with Crippen LogP contribution in [0.2, 0.25) is 0 Å². The molecule has 0 radical (unpaired) electrons. The quantitative estimate of drug-likeness (QED) is 0.705. The summed E-state index contributed by atoms with van der Waals surface area (Å²) in [6.45, 7) is 0.358. The van der Waals surface area contributed by atoms with E-state index in [9.17, 15) is 9.59 Å². The highest BCUT2D eigenvalue weighted by Crippen LogP contribution is 2.36. The van der Waals surface area contributed by atoms with Gasteiger partial charge < -0.3 is 20.5 Å². The normalized spacial score (nSPS) is 17.7. The van der Waals surface area contributed by atoms with E-state index in [1.165, 1.54) is 0 Å². The molecule has 1 aliphatic rings. The van der Waals surface area contributed by atoms with E-state index in [4.69, 9.17) is 15.2 Å². The van der Waals surface area contributed by atoms with E-state index >= 15 is 0 Å². The molecule has 3 rings (SSSR count). The molecule has 2 amide bonds. The topological polar surface area (TPSA) is 90.7 Å². The summed E-state index contributed by atoms with van der Waals surface area (Å²) in [7, 11) is 3.19. The molecule has 0 aromatic heterocycles. The second-order valence-electron chi connectivity index (χ2n) is 7.31. The first-order valence-corrected chi connectivity index (χ1v) is 9.68. The van der Waals surface area contributed by atoms with Gasteiger partial charge in [-0.1, -0.05) is 42.5 Å². The van der Waals surface area contributed by atoms with Crippen LogP contribution in [0.5, 0.6) is 11.5 Å². The van der Waals surface area contributed by atoms with Crippen LogP contribution in [0, 0.1) is 5.41 Å². The van der Waals surface area contributed by atoms with Gasteiger partial charge in [0.05, 0.1) is 19.6 Å². The third-order valence-corrected chi connectivity index (χ3v) is 5.24. The zero-order valence-electron chi connectivity index (χ0n) is 17.2. The predicted molar refractivity (Wildman–Crippen MR) is 115 cm³/mol. The van der Waals surface area contributed by atoms with Gasteiger partial charge in [0.2, 0.25) is 11.8 Å². The van der Waals surface area contributed by atoms with Gasteiger partial charge in [0.25, 0.3) is 0 Å². The maximum absolute atomic E-state index is 12.8. The van der Waals surface area contributed by atoms with Gasteiger partial charge in [0.1, 0.15) is 11.5 Å². The van der Waals surface area contributed by atoms with Crippen LogP contribution in [0.4, 0.5) is 0 Å². The number of ether oxygens (including phenoxy) is 2. The number of rotatable bonds is 8. The Kier molecular flexibility index (Phi) is 6.57. The molecule has 0 saturated heterocycles. The first kappa shape index (κ1) is 21.2. The standard InChI is InChI=1S/C24H26N2O4/c1-29-20-9-3-6-17(12-20)14-24(23(25)28)11-5-8-19(15-24)22(27)26-16-18-7-4-10-21(13-18)30-2/h3-13H,14-16H2,1-2H3,(H2,25,28)(H,26,27). The lowest BCUT2D eigenvalue weighted by Gasteiger charge is -2.30. The molecular weight excluding hydrogens is 380 g/mol. The Hall–Kier alpha value is -3.54. The summed E-state index contributed by atoms with van der Waals surface area (Å²) < 4.78 is 10.5. The largest absolute Gasteiger partial charge is 0.497 e. The summed E-state index contributed by atoms with van der Waals surface area (Å²) in [5.41, 5.74) is 7.17. The van der Waals surface area contributed by atoms with Crippen molar-refractivity contribution in [1.29, 1.82) is 0 Å². The fourth-order valence-electron chi connectivity index (χ4n) is 3.56. The van der Waals surface area contributed by atoms with Gasteiger partial charge >= 0.3 is 0 Å². The molecule has 2 aromatic carbocycles. The second kappa shape index (κ2) is 9.31. The average molecular weight is 406 g/mol. The summed E-state index contributed by atoms with van der Waals surface area (Å²) in [6, 6.07) is 15.0. The number of benzene rings is 2. The number of hydrogen-bond donors (Lipinski definition) is 2. The Balaban J connectivity index is 1.72. The highest BCUT2D eigenvalue weighted by molar-refractivity contribution is 5.96. The van der Waals surface area contributed by atoms with Crippen molar-refractivity contribution >= 4 is 11.8 Å². The summed E-state index contributed by atoms with van der Waals surface area (Å²) >= 11 is 0. The summed E-state index contributed by atoms with van der Waals surface area (Å²) in [5, 5.41) is 2.91. The van der Waals surface area contributed by atoms with Crippen LogP contribution in [-0.2, 0) is 22.6 Å². The van der Waals surface area contributed by atoms with Crippen molar-refractivity contribution in [3.05, 3.63) is 83.5 Å². The number of allylic oxidation sites excluding steroid dienone is 2. The molecule has 6 nitrogen and oxygen atoms in total. The number of primary amides is 1. The van der Waals surface area contributed by atoms with Gasteiger partial charge in [-0.3, -0.25) is 9.59 Å². The molecule has 0 saturated carbocycles. The fraction of sp³-hybridized carbons (Fsp3) is 0.250. The highest BCUT2D eigenvalue weighted by atomic mass is 16.5. The molecule has 3 N–H and O–H groups in total. The van der Waals surface area contributed by atoms with Gasteiger partial charge in [0, 0.05) is 12.1 Å². The highest BCUT2D eigenvalue weighted by Gasteiger charge is 2.38. The van der Waals surface area contributed by atoms with Crippen molar-refractivity contribution in [3.8, 4) is 11.5 Å². The van der Waals surface area contributed by atoms with E-state index in [0.29, 0.717) is 24.3 Å². The van der Waals surface area contributed by atoms with Gasteiger partial charge in [-0.05, 0) is 48.2 Å². The van der Waals surface area contributed by atoms with Crippen LogP contribution in [0.25, 0.3) is 0 Å². The van der Waals surface area contributed by atoms with Crippen LogP contribution < -0.4 is 20.5 Å². The van der Waals surface area contributed by atoms with E-state index in [0.717, 1.165) is 16.9 Å². The average Bonchev–Trinajstić information content (AvgIpc) is 2.77. The van der Waals surface area contributed by atoms with E-state index in [1.807, 2.05) is 48.5 Å². The minimum atomic E-state index is -0.968. The van der Waals surface area contributed by atoms with Crippen molar-refractivity contribution in [2.45, 2.75) is 19.4 Å². The molecule has 1 atom stereocenters. The smallest absolute Gasteiger partial charge is 0.247 e. The Morgan fingerprint density at radius 1 is 1.03 bits per heavy atom. The first-order chi connectivity index (χ1) is 14.5. The molecule has 0 fully saturated rings. The Morgan fingerprint density at radius 2 is 1.67 bits per heavy atom. The number of carbonyl (C=O) groups excluding carboxylic acids is 2. The lowest BCUT2D eigenvalue weighted by Crippen LogP contribution is -2.40. The van der Waals surface area contributed by atoms with Crippen LogP contribution in [-0.4, -0.2) is 26.0 Å². The molecule has 6 heteroatoms.